The van der Waals surface area contributed by atoms with E-state index in [0.29, 0.717) is 30.7 Å². The smallest absolute Gasteiger partial charge is 0.418 e. The fraction of sp³-hybridized carbons (Fsp3) is 0.364. The van der Waals surface area contributed by atoms with Crippen molar-refractivity contribution in [2.75, 3.05) is 6.61 Å². The molecule has 1 amide bonds. The molecule has 0 radical (unpaired) electrons. The van der Waals surface area contributed by atoms with Crippen LogP contribution in [0.15, 0.2) is 43.0 Å². The van der Waals surface area contributed by atoms with Gasteiger partial charge in [0, 0.05) is 17.8 Å². The zero-order valence-corrected chi connectivity index (χ0v) is 18.6. The number of aromatic nitrogens is 4. The lowest BCUT2D eigenvalue weighted by molar-refractivity contribution is -0.137. The lowest BCUT2D eigenvalue weighted by atomic mass is 9.86. The standard InChI is InChI=1S/C22H21ClF3N5O3/c23-20-19(34-11-13-5-7-15(8-6-13)30-21(32)33)18(27-12-28-20)14-9-29-31(10-14)17-4-2-1-3-16(17)22(24,25)26/h1-4,9-10,12-13,15,30H,5-8,11H2,(H,32,33)/t13-,15+. The number of rotatable bonds is 6. The van der Waals surface area contributed by atoms with Gasteiger partial charge >= 0.3 is 12.3 Å². The first kappa shape index (κ1) is 23.8. The van der Waals surface area contributed by atoms with E-state index in [9.17, 15) is 18.0 Å². The van der Waals surface area contributed by atoms with Crippen LogP contribution in [0.1, 0.15) is 31.2 Å². The molecular weight excluding hydrogens is 475 g/mol. The van der Waals surface area contributed by atoms with E-state index in [0.717, 1.165) is 23.6 Å². The van der Waals surface area contributed by atoms with Gasteiger partial charge in [-0.3, -0.25) is 0 Å². The Morgan fingerprint density at radius 3 is 2.65 bits per heavy atom. The highest BCUT2D eigenvalue weighted by atomic mass is 35.5. The number of para-hydroxylation sites is 1. The molecule has 0 aliphatic heterocycles. The van der Waals surface area contributed by atoms with Gasteiger partial charge in [0.25, 0.3) is 0 Å². The van der Waals surface area contributed by atoms with Gasteiger partial charge in [-0.2, -0.15) is 18.3 Å². The Hall–Kier alpha value is -3.34. The molecule has 4 rings (SSSR count). The van der Waals surface area contributed by atoms with E-state index >= 15 is 0 Å². The van der Waals surface area contributed by atoms with E-state index < -0.39 is 17.8 Å². The fourth-order valence-corrected chi connectivity index (χ4v) is 4.21. The number of halogens is 4. The van der Waals surface area contributed by atoms with Gasteiger partial charge in [-0.05, 0) is 43.7 Å². The maximum absolute atomic E-state index is 13.4. The Kier molecular flexibility index (Phi) is 6.92. The van der Waals surface area contributed by atoms with Gasteiger partial charge in [0.2, 0.25) is 0 Å². The van der Waals surface area contributed by atoms with Gasteiger partial charge in [0.15, 0.2) is 10.9 Å². The summed E-state index contributed by atoms with van der Waals surface area (Å²) in [4.78, 5) is 19.0. The number of carbonyl (C=O) groups is 1. The van der Waals surface area contributed by atoms with Crippen molar-refractivity contribution in [3.8, 4) is 22.7 Å². The number of hydrogen-bond donors (Lipinski definition) is 2. The second kappa shape index (κ2) is 9.88. The molecule has 2 heterocycles. The van der Waals surface area contributed by atoms with Crippen molar-refractivity contribution in [2.45, 2.75) is 37.9 Å². The molecule has 1 aliphatic carbocycles. The van der Waals surface area contributed by atoms with Crippen LogP contribution < -0.4 is 10.1 Å². The van der Waals surface area contributed by atoms with Crippen LogP contribution >= 0.6 is 11.6 Å². The van der Waals surface area contributed by atoms with Crippen LogP contribution in [-0.4, -0.2) is 43.6 Å². The lowest BCUT2D eigenvalue weighted by Gasteiger charge is -2.28. The molecule has 0 saturated heterocycles. The van der Waals surface area contributed by atoms with Crippen molar-refractivity contribution < 1.29 is 27.8 Å². The molecule has 1 saturated carbocycles. The summed E-state index contributed by atoms with van der Waals surface area (Å²) >= 11 is 6.26. The van der Waals surface area contributed by atoms with E-state index in [1.807, 2.05) is 0 Å². The number of alkyl halides is 3. The summed E-state index contributed by atoms with van der Waals surface area (Å²) in [7, 11) is 0. The Labute approximate surface area is 197 Å². The minimum Gasteiger partial charge on any atom is -0.488 e. The largest absolute Gasteiger partial charge is 0.488 e. The van der Waals surface area contributed by atoms with E-state index in [1.165, 1.54) is 36.9 Å². The van der Waals surface area contributed by atoms with Crippen molar-refractivity contribution >= 4 is 17.7 Å². The van der Waals surface area contributed by atoms with Crippen LogP contribution in [0.5, 0.6) is 5.75 Å². The highest BCUT2D eigenvalue weighted by Gasteiger charge is 2.34. The summed E-state index contributed by atoms with van der Waals surface area (Å²) in [6.07, 6.45) is 1.46. The molecule has 8 nitrogen and oxygen atoms in total. The average molecular weight is 496 g/mol. The molecule has 1 fully saturated rings. The summed E-state index contributed by atoms with van der Waals surface area (Å²) in [5, 5.41) is 15.5. The van der Waals surface area contributed by atoms with Crippen molar-refractivity contribution in [1.82, 2.24) is 25.1 Å². The molecular formula is C22H21ClF3N5O3. The number of nitrogens with zero attached hydrogens (tertiary/aromatic N) is 4. The minimum atomic E-state index is -4.53. The van der Waals surface area contributed by atoms with Crippen LogP contribution in [0.4, 0.5) is 18.0 Å². The van der Waals surface area contributed by atoms with E-state index in [1.54, 1.807) is 0 Å². The van der Waals surface area contributed by atoms with Gasteiger partial charge < -0.3 is 15.2 Å². The molecule has 2 aromatic heterocycles. The molecule has 0 spiro atoms. The molecule has 0 bridgehead atoms. The van der Waals surface area contributed by atoms with Gasteiger partial charge in [-0.25, -0.2) is 19.4 Å². The van der Waals surface area contributed by atoms with Crippen LogP contribution in [0.3, 0.4) is 0 Å². The second-order valence-electron chi connectivity index (χ2n) is 8.01. The molecule has 1 aromatic carbocycles. The van der Waals surface area contributed by atoms with Crippen molar-refractivity contribution in [2.24, 2.45) is 5.92 Å². The zero-order valence-electron chi connectivity index (χ0n) is 17.8. The normalized spacial score (nSPS) is 18.5. The maximum atomic E-state index is 13.4. The highest BCUT2D eigenvalue weighted by Crippen LogP contribution is 2.36. The first-order valence-electron chi connectivity index (χ1n) is 10.6. The van der Waals surface area contributed by atoms with Crippen LogP contribution in [0.25, 0.3) is 16.9 Å². The summed E-state index contributed by atoms with van der Waals surface area (Å²) in [6.45, 7) is 0.324. The van der Waals surface area contributed by atoms with Crippen molar-refractivity contribution in [3.05, 3.63) is 53.7 Å². The summed E-state index contributed by atoms with van der Waals surface area (Å²) in [5.74, 6) is 0.413. The average Bonchev–Trinajstić information content (AvgIpc) is 3.28. The molecule has 0 unspecified atom stereocenters. The number of nitrogens with one attached hydrogen (secondary N) is 1. The third-order valence-corrected chi connectivity index (χ3v) is 5.98. The van der Waals surface area contributed by atoms with Gasteiger partial charge in [-0.15, -0.1) is 0 Å². The number of hydrogen-bond acceptors (Lipinski definition) is 5. The van der Waals surface area contributed by atoms with Crippen LogP contribution in [0, 0.1) is 5.92 Å². The predicted molar refractivity (Wildman–Crippen MR) is 117 cm³/mol. The number of carboxylic acid groups (broad SMARTS) is 1. The fourth-order valence-electron chi connectivity index (χ4n) is 4.03. The first-order valence-corrected chi connectivity index (χ1v) is 10.9. The molecule has 0 atom stereocenters. The van der Waals surface area contributed by atoms with E-state index in [2.05, 4.69) is 20.4 Å². The second-order valence-corrected chi connectivity index (χ2v) is 8.37. The molecule has 34 heavy (non-hydrogen) atoms. The van der Waals surface area contributed by atoms with Crippen LogP contribution in [0.2, 0.25) is 5.15 Å². The highest BCUT2D eigenvalue weighted by molar-refractivity contribution is 6.31. The summed E-state index contributed by atoms with van der Waals surface area (Å²) in [5.41, 5.74) is -0.187. The quantitative estimate of drug-likeness (QED) is 0.455. The molecule has 2 N–H and O–H groups in total. The SMILES string of the molecule is O=C(O)N[C@H]1CC[C@@H](COc2c(Cl)ncnc2-c2cnn(-c3ccccc3C(F)(F)F)c2)CC1. The Balaban J connectivity index is 1.52. The summed E-state index contributed by atoms with van der Waals surface area (Å²) < 4.78 is 47.3. The number of ether oxygens (including phenoxy) is 1. The first-order chi connectivity index (χ1) is 16.2. The Morgan fingerprint density at radius 2 is 1.94 bits per heavy atom. The van der Waals surface area contributed by atoms with Crippen molar-refractivity contribution in [1.29, 1.82) is 0 Å². The Morgan fingerprint density at radius 1 is 1.21 bits per heavy atom. The topological polar surface area (TPSA) is 102 Å². The van der Waals surface area contributed by atoms with Gasteiger partial charge in [0.05, 0.1) is 24.1 Å². The third kappa shape index (κ3) is 5.41. The third-order valence-electron chi connectivity index (χ3n) is 5.71. The van der Waals surface area contributed by atoms with Gasteiger partial charge in [-0.1, -0.05) is 23.7 Å². The Bertz CT molecular complexity index is 1160. The predicted octanol–water partition coefficient (Wildman–Crippen LogP) is 5.21. The van der Waals surface area contributed by atoms with E-state index in [4.69, 9.17) is 21.4 Å². The molecule has 3 aromatic rings. The van der Waals surface area contributed by atoms with Crippen LogP contribution in [-0.2, 0) is 6.18 Å². The maximum Gasteiger partial charge on any atom is 0.418 e. The minimum absolute atomic E-state index is 0.0710. The molecule has 12 heteroatoms. The number of benzene rings is 1. The van der Waals surface area contributed by atoms with E-state index in [-0.39, 0.29) is 28.5 Å². The summed E-state index contributed by atoms with van der Waals surface area (Å²) in [6, 6.07) is 5.08. The van der Waals surface area contributed by atoms with Crippen molar-refractivity contribution in [3.63, 3.8) is 0 Å². The van der Waals surface area contributed by atoms with Gasteiger partial charge in [0.1, 0.15) is 12.0 Å². The molecule has 180 valence electrons. The monoisotopic (exact) mass is 495 g/mol. The lowest BCUT2D eigenvalue weighted by Crippen LogP contribution is -2.37. The molecule has 1 aliphatic rings. The zero-order chi connectivity index (χ0) is 24.3. The number of amides is 1.